The van der Waals surface area contributed by atoms with Crippen LogP contribution in [0.5, 0.6) is 0 Å². The van der Waals surface area contributed by atoms with Crippen molar-refractivity contribution in [3.8, 4) is 0 Å². The predicted octanol–water partition coefficient (Wildman–Crippen LogP) is -2.46. The molecule has 1 aliphatic heterocycles. The van der Waals surface area contributed by atoms with Gasteiger partial charge in [-0.25, -0.2) is 5.14 Å². The van der Waals surface area contributed by atoms with E-state index in [0.29, 0.717) is 0 Å². The maximum absolute atomic E-state index is 10.4. The second-order valence-electron chi connectivity index (χ2n) is 2.37. The van der Waals surface area contributed by atoms with Crippen molar-refractivity contribution in [2.24, 2.45) is 5.14 Å². The van der Waals surface area contributed by atoms with E-state index < -0.39 is 22.4 Å². The summed E-state index contributed by atoms with van der Waals surface area (Å²) in [5, 5.41) is 13.7. The van der Waals surface area contributed by atoms with E-state index in [9.17, 15) is 8.42 Å². The average molecular weight is 182 g/mol. The van der Waals surface area contributed by atoms with Crippen molar-refractivity contribution in [2.75, 3.05) is 13.2 Å². The van der Waals surface area contributed by atoms with Crippen molar-refractivity contribution in [1.29, 1.82) is 0 Å². The lowest BCUT2D eigenvalue weighted by molar-refractivity contribution is 0.124. The molecular weight excluding hydrogens is 172 g/mol. The van der Waals surface area contributed by atoms with Gasteiger partial charge in [0.15, 0.2) is 0 Å². The molecule has 0 bridgehead atoms. The smallest absolute Gasteiger partial charge is 0.274 e. The van der Waals surface area contributed by atoms with Crippen LogP contribution in [0.15, 0.2) is 0 Å². The van der Waals surface area contributed by atoms with Gasteiger partial charge in [-0.15, -0.1) is 0 Å². The minimum absolute atomic E-state index is 0.146. The maximum atomic E-state index is 10.4. The van der Waals surface area contributed by atoms with Gasteiger partial charge in [0, 0.05) is 0 Å². The second kappa shape index (κ2) is 3.03. The molecule has 0 spiro atoms. The molecule has 66 valence electrons. The third-order valence-electron chi connectivity index (χ3n) is 1.37. The highest BCUT2D eigenvalue weighted by molar-refractivity contribution is 7.87. The van der Waals surface area contributed by atoms with Crippen LogP contribution in [0.4, 0.5) is 0 Å². The average Bonchev–Trinajstić information content (AvgIpc) is 2.12. The molecule has 1 heterocycles. The van der Waals surface area contributed by atoms with E-state index in [0.717, 1.165) is 0 Å². The van der Waals surface area contributed by atoms with Gasteiger partial charge in [0.25, 0.3) is 10.2 Å². The molecule has 0 aromatic heterocycles. The van der Waals surface area contributed by atoms with Gasteiger partial charge in [0.1, 0.15) is 0 Å². The number of rotatable bonds is 2. The molecule has 0 radical (unpaired) electrons. The Labute approximate surface area is 64.5 Å². The highest BCUT2D eigenvalue weighted by atomic mass is 32.2. The molecular formula is C4H10N2O4S. The first-order valence-corrected chi connectivity index (χ1v) is 4.59. The lowest BCUT2D eigenvalue weighted by atomic mass is 10.2. The SMILES string of the molecule is NS(=O)(=O)NC1COCC1O. The highest BCUT2D eigenvalue weighted by Gasteiger charge is 2.28. The van der Waals surface area contributed by atoms with E-state index in [1.54, 1.807) is 0 Å². The molecule has 0 aromatic rings. The van der Waals surface area contributed by atoms with Crippen molar-refractivity contribution in [2.45, 2.75) is 12.1 Å². The van der Waals surface area contributed by atoms with Crippen LogP contribution >= 0.6 is 0 Å². The van der Waals surface area contributed by atoms with Crippen molar-refractivity contribution < 1.29 is 18.3 Å². The minimum atomic E-state index is -3.73. The summed E-state index contributed by atoms with van der Waals surface area (Å²) in [5.41, 5.74) is 0. The van der Waals surface area contributed by atoms with E-state index in [2.05, 4.69) is 5.14 Å². The third kappa shape index (κ3) is 2.72. The first-order chi connectivity index (χ1) is 4.99. The fourth-order valence-electron chi connectivity index (χ4n) is 0.867. The number of hydrogen-bond donors (Lipinski definition) is 3. The topological polar surface area (TPSA) is 102 Å². The van der Waals surface area contributed by atoms with Gasteiger partial charge in [-0.3, -0.25) is 0 Å². The van der Waals surface area contributed by atoms with E-state index >= 15 is 0 Å². The van der Waals surface area contributed by atoms with Crippen molar-refractivity contribution in [3.05, 3.63) is 0 Å². The molecule has 0 aliphatic carbocycles. The van der Waals surface area contributed by atoms with Gasteiger partial charge in [-0.1, -0.05) is 0 Å². The first-order valence-electron chi connectivity index (χ1n) is 3.05. The van der Waals surface area contributed by atoms with E-state index in [-0.39, 0.29) is 13.2 Å². The summed E-state index contributed by atoms with van der Waals surface area (Å²) in [4.78, 5) is 0. The minimum Gasteiger partial charge on any atom is -0.389 e. The van der Waals surface area contributed by atoms with Crippen LogP contribution in [0.3, 0.4) is 0 Å². The Kier molecular flexibility index (Phi) is 2.45. The van der Waals surface area contributed by atoms with E-state index in [1.165, 1.54) is 0 Å². The van der Waals surface area contributed by atoms with Gasteiger partial charge in [-0.2, -0.15) is 13.1 Å². The number of nitrogens with two attached hydrogens (primary N) is 1. The van der Waals surface area contributed by atoms with Crippen LogP contribution in [-0.4, -0.2) is 38.9 Å². The van der Waals surface area contributed by atoms with Gasteiger partial charge >= 0.3 is 0 Å². The number of aliphatic hydroxyl groups excluding tert-OH is 1. The summed E-state index contributed by atoms with van der Waals surface area (Å²) < 4.78 is 27.7. The quantitative estimate of drug-likeness (QED) is 0.440. The standard InChI is InChI=1S/C4H10N2O4S/c5-11(8,9)6-3-1-10-2-4(3)7/h3-4,6-7H,1-2H2,(H2,5,8,9). The Morgan fingerprint density at radius 3 is 2.55 bits per heavy atom. The van der Waals surface area contributed by atoms with Crippen LogP contribution in [0.2, 0.25) is 0 Å². The number of nitrogens with one attached hydrogen (secondary N) is 1. The molecule has 4 N–H and O–H groups in total. The molecule has 2 unspecified atom stereocenters. The second-order valence-corrected chi connectivity index (χ2v) is 3.70. The Morgan fingerprint density at radius 1 is 1.55 bits per heavy atom. The zero-order chi connectivity index (χ0) is 8.48. The first kappa shape index (κ1) is 8.88. The summed E-state index contributed by atoms with van der Waals surface area (Å²) in [6.45, 7) is 0.310. The molecule has 6 nitrogen and oxygen atoms in total. The summed E-state index contributed by atoms with van der Waals surface area (Å²) in [6.07, 6.45) is -0.798. The fraction of sp³-hybridized carbons (Fsp3) is 1.00. The summed E-state index contributed by atoms with van der Waals surface area (Å²) in [6, 6.07) is -0.606. The van der Waals surface area contributed by atoms with Crippen molar-refractivity contribution in [3.63, 3.8) is 0 Å². The molecule has 1 saturated heterocycles. The molecule has 11 heavy (non-hydrogen) atoms. The van der Waals surface area contributed by atoms with Crippen LogP contribution in [0, 0.1) is 0 Å². The van der Waals surface area contributed by atoms with Crippen LogP contribution < -0.4 is 9.86 Å². The summed E-state index contributed by atoms with van der Waals surface area (Å²) in [7, 11) is -3.73. The highest BCUT2D eigenvalue weighted by Crippen LogP contribution is 2.04. The molecule has 1 aliphatic rings. The summed E-state index contributed by atoms with van der Waals surface area (Å²) >= 11 is 0. The molecule has 2 atom stereocenters. The Balaban J connectivity index is 2.50. The van der Waals surface area contributed by atoms with Gasteiger partial charge < -0.3 is 9.84 Å². The molecule has 7 heteroatoms. The van der Waals surface area contributed by atoms with Gasteiger partial charge in [-0.05, 0) is 0 Å². The molecule has 0 saturated carbocycles. The van der Waals surface area contributed by atoms with Gasteiger partial charge in [0.05, 0.1) is 25.4 Å². The van der Waals surface area contributed by atoms with Crippen LogP contribution in [0.25, 0.3) is 0 Å². The zero-order valence-electron chi connectivity index (χ0n) is 5.73. The number of aliphatic hydroxyl groups is 1. The zero-order valence-corrected chi connectivity index (χ0v) is 6.54. The van der Waals surface area contributed by atoms with Crippen molar-refractivity contribution >= 4 is 10.2 Å². The van der Waals surface area contributed by atoms with Crippen LogP contribution in [0.1, 0.15) is 0 Å². The largest absolute Gasteiger partial charge is 0.389 e. The number of ether oxygens (including phenoxy) is 1. The molecule has 0 amide bonds. The monoisotopic (exact) mass is 182 g/mol. The molecule has 1 fully saturated rings. The predicted molar refractivity (Wildman–Crippen MR) is 36.9 cm³/mol. The van der Waals surface area contributed by atoms with Crippen molar-refractivity contribution in [1.82, 2.24) is 4.72 Å². The maximum Gasteiger partial charge on any atom is 0.274 e. The van der Waals surface area contributed by atoms with E-state index in [1.807, 2.05) is 4.72 Å². The Bertz CT molecular complexity index is 226. The molecule has 1 rings (SSSR count). The lowest BCUT2D eigenvalue weighted by Gasteiger charge is -2.11. The Morgan fingerprint density at radius 2 is 2.18 bits per heavy atom. The Hall–Kier alpha value is -0.210. The van der Waals surface area contributed by atoms with E-state index in [4.69, 9.17) is 9.84 Å². The lowest BCUT2D eigenvalue weighted by Crippen LogP contribution is -2.45. The third-order valence-corrected chi connectivity index (χ3v) is 2.00. The molecule has 0 aromatic carbocycles. The normalized spacial score (nSPS) is 32.5. The van der Waals surface area contributed by atoms with Crippen LogP contribution in [-0.2, 0) is 14.9 Å². The fourth-order valence-corrected chi connectivity index (χ4v) is 1.51. The summed E-state index contributed by atoms with van der Waals surface area (Å²) in [5.74, 6) is 0. The number of hydrogen-bond acceptors (Lipinski definition) is 4. The van der Waals surface area contributed by atoms with Gasteiger partial charge in [0.2, 0.25) is 0 Å².